The van der Waals surface area contributed by atoms with Crippen LogP contribution in [0.2, 0.25) is 23.7 Å². The van der Waals surface area contributed by atoms with Gasteiger partial charge in [-0.1, -0.05) is 0 Å². The van der Waals surface area contributed by atoms with Gasteiger partial charge in [0.25, 0.3) is 0 Å². The van der Waals surface area contributed by atoms with Crippen LogP contribution in [0.4, 0.5) is 0 Å². The maximum absolute atomic E-state index is 2.40. The molecule has 0 saturated heterocycles. The molecule has 0 aromatic rings. The Morgan fingerprint density at radius 2 is 1.25 bits per heavy atom. The molecule has 48 valence electrons. The van der Waals surface area contributed by atoms with E-state index in [0.29, 0.717) is 0 Å². The molecule has 4 heteroatoms. The molecular formula is C4H11Cl2SiSn+. The van der Waals surface area contributed by atoms with E-state index in [1.54, 1.807) is 22.5 Å². The molecule has 0 aliphatic carbocycles. The van der Waals surface area contributed by atoms with E-state index in [0.717, 1.165) is 0 Å². The van der Waals surface area contributed by atoms with Crippen molar-refractivity contribution < 1.29 is 24.8 Å². The topological polar surface area (TPSA) is 0 Å². The summed E-state index contributed by atoms with van der Waals surface area (Å²) in [4.78, 5) is 0. The van der Waals surface area contributed by atoms with E-state index in [1.807, 2.05) is 0 Å². The van der Waals surface area contributed by atoms with Gasteiger partial charge < -0.3 is 24.8 Å². The van der Waals surface area contributed by atoms with E-state index in [1.165, 1.54) is 4.06 Å². The molecule has 0 radical (unpaired) electrons. The van der Waals surface area contributed by atoms with Gasteiger partial charge in [-0.25, -0.2) is 0 Å². The van der Waals surface area contributed by atoms with Gasteiger partial charge in [-0.05, 0) is 0 Å². The molecule has 0 atom stereocenters. The van der Waals surface area contributed by atoms with E-state index in [2.05, 4.69) is 19.6 Å². The third kappa shape index (κ3) is 15.6. The summed E-state index contributed by atoms with van der Waals surface area (Å²) in [5, 5.41) is 0. The van der Waals surface area contributed by atoms with Crippen molar-refractivity contribution in [1.82, 2.24) is 0 Å². The summed E-state index contributed by atoms with van der Waals surface area (Å²) in [5.41, 5.74) is 0. The van der Waals surface area contributed by atoms with E-state index >= 15 is 0 Å². The van der Waals surface area contributed by atoms with Crippen molar-refractivity contribution in [3.05, 3.63) is 0 Å². The van der Waals surface area contributed by atoms with Gasteiger partial charge in [0.2, 0.25) is 0 Å². The first-order valence-corrected chi connectivity index (χ1v) is 7.93. The normalized spacial score (nSPS) is 9.12. The van der Waals surface area contributed by atoms with Gasteiger partial charge in [0.15, 0.2) is 0 Å². The van der Waals surface area contributed by atoms with Crippen molar-refractivity contribution in [2.24, 2.45) is 0 Å². The molecule has 8 heavy (non-hydrogen) atoms. The molecule has 0 aliphatic heterocycles. The molecule has 0 fully saturated rings. The predicted octanol–water partition coefficient (Wildman–Crippen LogP) is -4.54. The van der Waals surface area contributed by atoms with Crippen LogP contribution in [0.15, 0.2) is 0 Å². The first-order valence-electron chi connectivity index (χ1n) is 2.21. The van der Waals surface area contributed by atoms with Crippen LogP contribution in [0.1, 0.15) is 0 Å². The Bertz CT molecular complexity index is 43.8. The van der Waals surface area contributed by atoms with Gasteiger partial charge in [-0.2, -0.15) is 0 Å². The van der Waals surface area contributed by atoms with Gasteiger partial charge in [0.05, 0.1) is 0 Å². The summed E-state index contributed by atoms with van der Waals surface area (Å²) in [6, 6.07) is 0. The summed E-state index contributed by atoms with van der Waals surface area (Å²) in [6.45, 7) is 7.21. The molecular weight excluding hydrogens is 266 g/mol. The standard InChI is InChI=1S/C4H11Si.2ClH.Sn/c1-5(2,3)4;;;/h1H2,2-4H3;2*1H;/q;;;+3/p-2. The van der Waals surface area contributed by atoms with Crippen LogP contribution < -0.4 is 24.8 Å². The second-order valence-electron chi connectivity index (χ2n) is 2.74. The maximum atomic E-state index is 2.40. The van der Waals surface area contributed by atoms with Crippen LogP contribution in [0, 0.1) is 0 Å². The molecule has 0 unspecified atom stereocenters. The van der Waals surface area contributed by atoms with Gasteiger partial charge in [0.1, 0.15) is 0 Å². The molecule has 0 heterocycles. The first-order chi connectivity index (χ1) is 2.56. The minimum Gasteiger partial charge on any atom is -1.00 e. The quantitative estimate of drug-likeness (QED) is 0.424. The minimum atomic E-state index is -0.591. The summed E-state index contributed by atoms with van der Waals surface area (Å²) >= 11 is 1.71. The fraction of sp³-hybridized carbons (Fsp3) is 1.00. The number of hydrogen-bond donors (Lipinski definition) is 0. The number of hydrogen-bond acceptors (Lipinski definition) is 0. The third-order valence-corrected chi connectivity index (χ3v) is 10.7. The van der Waals surface area contributed by atoms with Gasteiger partial charge >= 0.3 is 54.3 Å². The van der Waals surface area contributed by atoms with E-state index < -0.39 is 8.07 Å². The van der Waals surface area contributed by atoms with Gasteiger partial charge in [-0.3, -0.25) is 0 Å². The molecule has 0 saturated carbocycles. The first kappa shape index (κ1) is 16.3. The fourth-order valence-corrected chi connectivity index (χ4v) is 0. The molecule has 0 spiro atoms. The van der Waals surface area contributed by atoms with Gasteiger partial charge in [0, 0.05) is 0 Å². The number of halogens is 2. The summed E-state index contributed by atoms with van der Waals surface area (Å²) in [6.07, 6.45) is 0. The molecule has 0 N–H and O–H groups in total. The van der Waals surface area contributed by atoms with Crippen LogP contribution in [-0.4, -0.2) is 30.6 Å². The van der Waals surface area contributed by atoms with E-state index in [-0.39, 0.29) is 24.8 Å². The smallest absolute Gasteiger partial charge is 1.00 e. The molecule has 0 nitrogen and oxygen atoms in total. The monoisotopic (exact) mass is 277 g/mol. The van der Waals surface area contributed by atoms with Crippen LogP contribution in [0.25, 0.3) is 0 Å². The molecule has 0 aromatic carbocycles. The SMILES string of the molecule is C[Si](C)(C)[CH2][Sn+3].[Cl-].[Cl-]. The zero-order valence-electron chi connectivity index (χ0n) is 5.46. The van der Waals surface area contributed by atoms with Crippen LogP contribution in [-0.2, 0) is 0 Å². The Balaban J connectivity index is -0.000000125. The van der Waals surface area contributed by atoms with Crippen molar-refractivity contribution in [3.63, 3.8) is 0 Å². The molecule has 0 aliphatic rings. The van der Waals surface area contributed by atoms with E-state index in [4.69, 9.17) is 0 Å². The van der Waals surface area contributed by atoms with E-state index in [9.17, 15) is 0 Å². The molecule has 0 amide bonds. The average molecular weight is 277 g/mol. The maximum Gasteiger partial charge on any atom is -1.00 e. The minimum absolute atomic E-state index is 0. The van der Waals surface area contributed by atoms with Crippen LogP contribution >= 0.6 is 0 Å². The Labute approximate surface area is 78.7 Å². The fourth-order valence-electron chi connectivity index (χ4n) is 0. The zero-order chi connectivity index (χ0) is 5.21. The second-order valence-corrected chi connectivity index (χ2v) is 11.2. The van der Waals surface area contributed by atoms with Crippen molar-refractivity contribution in [1.29, 1.82) is 0 Å². The van der Waals surface area contributed by atoms with Crippen molar-refractivity contribution in [3.8, 4) is 0 Å². The Hall–Kier alpha value is 1.60. The predicted molar refractivity (Wildman–Crippen MR) is 33.9 cm³/mol. The van der Waals surface area contributed by atoms with Crippen molar-refractivity contribution in [2.45, 2.75) is 23.7 Å². The Kier molecular flexibility index (Phi) is 13.7. The average Bonchev–Trinajstić information content (AvgIpc) is 1.35. The largest absolute Gasteiger partial charge is 1.00 e. The third-order valence-electron chi connectivity index (χ3n) is 0.530. The van der Waals surface area contributed by atoms with Gasteiger partial charge in [-0.15, -0.1) is 0 Å². The summed E-state index contributed by atoms with van der Waals surface area (Å²) in [7, 11) is -0.591. The Morgan fingerprint density at radius 3 is 1.25 bits per heavy atom. The molecule has 0 aromatic heterocycles. The van der Waals surface area contributed by atoms with Crippen molar-refractivity contribution >= 4 is 30.6 Å². The second kappa shape index (κ2) is 6.71. The summed E-state index contributed by atoms with van der Waals surface area (Å²) < 4.78 is 1.50. The van der Waals surface area contributed by atoms with Crippen LogP contribution in [0.3, 0.4) is 0 Å². The van der Waals surface area contributed by atoms with Crippen molar-refractivity contribution in [2.75, 3.05) is 0 Å². The summed E-state index contributed by atoms with van der Waals surface area (Å²) in [5.74, 6) is 0. The van der Waals surface area contributed by atoms with Crippen LogP contribution in [0.5, 0.6) is 0 Å². The molecule has 0 rings (SSSR count). The zero-order valence-corrected chi connectivity index (χ0v) is 10.8. The molecule has 0 bridgehead atoms. The Morgan fingerprint density at radius 1 is 1.12 bits per heavy atom. The number of rotatable bonds is 1.